The van der Waals surface area contributed by atoms with Gasteiger partial charge in [-0.2, -0.15) is 4.58 Å². The van der Waals surface area contributed by atoms with Crippen molar-refractivity contribution in [3.05, 3.63) is 82.6 Å². The third-order valence-electron chi connectivity index (χ3n) is 6.67. The molecule has 2 heterocycles. The Bertz CT molecular complexity index is 1080. The van der Waals surface area contributed by atoms with E-state index in [-0.39, 0.29) is 40.5 Å². The highest BCUT2D eigenvalue weighted by molar-refractivity contribution is 6.03. The van der Waals surface area contributed by atoms with E-state index in [1.165, 1.54) is 45.0 Å². The minimum absolute atomic E-state index is 0. The van der Waals surface area contributed by atoms with Crippen LogP contribution in [0.1, 0.15) is 86.6 Å². The molecule has 1 N–H and O–H groups in total. The number of rotatable bonds is 3. The van der Waals surface area contributed by atoms with Gasteiger partial charge in [-0.25, -0.2) is 0 Å². The molecule has 182 valence electrons. The first-order chi connectivity index (χ1) is 13.7. The van der Waals surface area contributed by atoms with Crippen LogP contribution in [0.5, 0.6) is 0 Å². The van der Waals surface area contributed by atoms with Gasteiger partial charge in [0.25, 0.3) is 0 Å². The van der Waals surface area contributed by atoms with Crippen molar-refractivity contribution >= 4 is 17.1 Å². The fourth-order valence-corrected chi connectivity index (χ4v) is 4.85. The summed E-state index contributed by atoms with van der Waals surface area (Å²) in [6.45, 7) is 16.8. The Hall–Kier alpha value is -2.61. The van der Waals surface area contributed by atoms with Crippen LogP contribution in [0.15, 0.2) is 60.3 Å². The van der Waals surface area contributed by atoms with E-state index < -0.39 is 0 Å². The van der Waals surface area contributed by atoms with Gasteiger partial charge in [0.2, 0.25) is 5.69 Å². The molecule has 2 aliphatic rings. The summed E-state index contributed by atoms with van der Waals surface area (Å²) < 4.78 is 2.45. The molecular weight excluding hydrogens is 400 g/mol. The normalized spacial score (nSPS) is 17.8. The number of allylic oxidation sites excluding steroid dienone is 4. The first-order valence-electron chi connectivity index (χ1n) is 10.7. The molecule has 2 heteroatoms. The van der Waals surface area contributed by atoms with Gasteiger partial charge >= 0.3 is 0 Å². The van der Waals surface area contributed by atoms with E-state index in [2.05, 4.69) is 113 Å². The Labute approximate surface area is 205 Å². The minimum Gasteiger partial charge on any atom is -0.358 e. The molecule has 0 aliphatic carbocycles. The zero-order valence-electron chi connectivity index (χ0n) is 18.9. The van der Waals surface area contributed by atoms with Crippen molar-refractivity contribution in [3.63, 3.8) is 0 Å². The summed E-state index contributed by atoms with van der Waals surface area (Å²) in [4.78, 5) is 0. The van der Waals surface area contributed by atoms with E-state index in [0.29, 0.717) is 0 Å². The third kappa shape index (κ3) is 4.86. The van der Waals surface area contributed by atoms with Crippen LogP contribution in [0.25, 0.3) is 0 Å². The molecule has 4 rings (SSSR count). The summed E-state index contributed by atoms with van der Waals surface area (Å²) in [7, 11) is 0. The second-order valence-corrected chi connectivity index (χ2v) is 9.51. The maximum absolute atomic E-state index is 3.63. The van der Waals surface area contributed by atoms with Gasteiger partial charge in [0.1, 0.15) is 6.54 Å². The molecule has 2 aromatic rings. The average molecular weight is 450 g/mol. The van der Waals surface area contributed by atoms with E-state index in [0.717, 1.165) is 6.54 Å². The lowest BCUT2D eigenvalue weighted by atomic mass is 9.80. The molecule has 0 unspecified atom stereocenters. The van der Waals surface area contributed by atoms with Crippen molar-refractivity contribution in [2.24, 2.45) is 0 Å². The van der Waals surface area contributed by atoms with Gasteiger partial charge in [0, 0.05) is 34.5 Å². The number of aryl methyl sites for hydroxylation is 2. The first kappa shape index (κ1) is 30.4. The van der Waals surface area contributed by atoms with E-state index in [4.69, 9.17) is 0 Å². The zero-order chi connectivity index (χ0) is 21.0. The van der Waals surface area contributed by atoms with Gasteiger partial charge in [-0.1, -0.05) is 79.0 Å². The summed E-state index contributed by atoms with van der Waals surface area (Å²) in [5.74, 6) is 0. The number of hydrogen-bond acceptors (Lipinski definition) is 1. The van der Waals surface area contributed by atoms with E-state index in [9.17, 15) is 0 Å². The molecule has 0 spiro atoms. The number of nitrogens with zero attached hydrogens (tertiary/aromatic N) is 1. The summed E-state index contributed by atoms with van der Waals surface area (Å²) in [5, 5.41) is 3.63. The van der Waals surface area contributed by atoms with Crippen LogP contribution in [0.3, 0.4) is 0 Å². The van der Waals surface area contributed by atoms with Crippen LogP contribution in [0.2, 0.25) is 0 Å². The summed E-state index contributed by atoms with van der Waals surface area (Å²) in [6.07, 6.45) is 6.78. The average Bonchev–Trinajstić information content (AvgIpc) is 3.03. The number of fused-ring (bicyclic) bond motifs is 2. The zero-order valence-corrected chi connectivity index (χ0v) is 18.9. The van der Waals surface area contributed by atoms with Gasteiger partial charge in [-0.15, -0.1) is 0 Å². The van der Waals surface area contributed by atoms with Crippen LogP contribution in [-0.4, -0.2) is 16.8 Å². The van der Waals surface area contributed by atoms with Crippen molar-refractivity contribution in [1.29, 1.82) is 0 Å². The molecule has 0 saturated heterocycles. The smallest absolute Gasteiger partial charge is 0.209 e. The van der Waals surface area contributed by atoms with Crippen LogP contribution < -0.4 is 5.32 Å². The predicted molar refractivity (Wildman–Crippen MR) is 152 cm³/mol. The molecular formula is C31H49N2+. The summed E-state index contributed by atoms with van der Waals surface area (Å²) in [6, 6.07) is 13.5. The monoisotopic (exact) mass is 449 g/mol. The molecule has 0 saturated carbocycles. The molecule has 33 heavy (non-hydrogen) atoms. The number of anilines is 1. The fraction of sp³-hybridized carbons (Fsp3) is 0.452. The van der Waals surface area contributed by atoms with Crippen LogP contribution in [0.4, 0.5) is 11.4 Å². The highest BCUT2D eigenvalue weighted by Crippen LogP contribution is 2.44. The maximum Gasteiger partial charge on any atom is 0.209 e. The molecule has 0 amide bonds. The topological polar surface area (TPSA) is 15.0 Å². The van der Waals surface area contributed by atoms with Crippen LogP contribution >= 0.6 is 0 Å². The van der Waals surface area contributed by atoms with Gasteiger partial charge in [0.05, 0.1) is 5.41 Å². The lowest BCUT2D eigenvalue weighted by Crippen LogP contribution is -2.27. The van der Waals surface area contributed by atoms with Crippen molar-refractivity contribution in [2.45, 2.75) is 89.0 Å². The lowest BCUT2D eigenvalue weighted by molar-refractivity contribution is -0.433. The maximum atomic E-state index is 3.63. The largest absolute Gasteiger partial charge is 0.358 e. The van der Waals surface area contributed by atoms with Crippen molar-refractivity contribution in [3.8, 4) is 0 Å². The second-order valence-electron chi connectivity index (χ2n) is 9.51. The number of benzene rings is 2. The second kappa shape index (κ2) is 10.5. The van der Waals surface area contributed by atoms with Crippen molar-refractivity contribution in [1.82, 2.24) is 0 Å². The van der Waals surface area contributed by atoms with Crippen molar-refractivity contribution in [2.75, 3.05) is 11.9 Å². The molecule has 2 aromatic carbocycles. The SMILES string of the molecule is C.C.C.C.CC[N+]1=C(C=CC=C2Nc3ccc(C)cc3C2(C)C)C(C)(C)c2cc(C)ccc21. The Morgan fingerprint density at radius 2 is 1.39 bits per heavy atom. The van der Waals surface area contributed by atoms with Gasteiger partial charge in [-0.3, -0.25) is 0 Å². The van der Waals surface area contributed by atoms with Crippen molar-refractivity contribution < 1.29 is 4.58 Å². The predicted octanol–water partition coefficient (Wildman–Crippen LogP) is 9.09. The number of hydrogen-bond donors (Lipinski definition) is 1. The van der Waals surface area contributed by atoms with Gasteiger partial charge in [-0.05, 0) is 58.4 Å². The van der Waals surface area contributed by atoms with E-state index in [1.54, 1.807) is 0 Å². The Kier molecular flexibility index (Phi) is 9.71. The van der Waals surface area contributed by atoms with E-state index in [1.807, 2.05) is 0 Å². The molecule has 0 radical (unpaired) electrons. The molecule has 0 aromatic heterocycles. The van der Waals surface area contributed by atoms with E-state index >= 15 is 0 Å². The Morgan fingerprint density at radius 1 is 0.818 bits per heavy atom. The van der Waals surface area contributed by atoms with Crippen LogP contribution in [0, 0.1) is 13.8 Å². The highest BCUT2D eigenvalue weighted by atomic mass is 15.0. The third-order valence-corrected chi connectivity index (χ3v) is 6.67. The first-order valence-corrected chi connectivity index (χ1v) is 10.7. The molecule has 0 fully saturated rings. The Balaban J connectivity index is 0.00000256. The molecule has 2 nitrogen and oxygen atoms in total. The molecule has 2 aliphatic heterocycles. The highest BCUT2D eigenvalue weighted by Gasteiger charge is 2.43. The van der Waals surface area contributed by atoms with Gasteiger partial charge in [0.15, 0.2) is 5.71 Å². The van der Waals surface area contributed by atoms with Crippen LogP contribution in [-0.2, 0) is 10.8 Å². The Morgan fingerprint density at radius 3 is 2.00 bits per heavy atom. The molecule has 0 atom stereocenters. The summed E-state index contributed by atoms with van der Waals surface area (Å²) in [5.41, 5.74) is 10.6. The van der Waals surface area contributed by atoms with Gasteiger partial charge < -0.3 is 5.32 Å². The lowest BCUT2D eigenvalue weighted by Gasteiger charge is -2.20. The number of nitrogens with one attached hydrogen (secondary N) is 1. The summed E-state index contributed by atoms with van der Waals surface area (Å²) >= 11 is 0. The quantitative estimate of drug-likeness (QED) is 0.462. The fourth-order valence-electron chi connectivity index (χ4n) is 4.85. The molecule has 0 bridgehead atoms. The minimum atomic E-state index is -0.00786. The standard InChI is InChI=1S/C27H32N2.4CH4/c1-8-29-23-15-13-19(3)17-21(23)27(6,7)25(29)11-9-10-24-26(4,5)20-16-18(2)12-14-22(20)28-24;;;;/h9-17H,8H2,1-7H3;4*1H4/p+1.